The molecule has 0 aliphatic heterocycles. The first kappa shape index (κ1) is 18.0. The second-order valence-corrected chi connectivity index (χ2v) is 7.04. The summed E-state index contributed by atoms with van der Waals surface area (Å²) in [4.78, 5) is 10.1. The number of halogens is 1. The first-order valence-electron chi connectivity index (χ1n) is 6.92. The van der Waals surface area contributed by atoms with E-state index in [1.54, 1.807) is 19.1 Å². The molecule has 0 bridgehead atoms. The Bertz CT molecular complexity index is 853. The summed E-state index contributed by atoms with van der Waals surface area (Å²) in [5, 5.41) is 11.1. The molecule has 0 radical (unpaired) electrons. The summed E-state index contributed by atoms with van der Waals surface area (Å²) >= 11 is 5.97. The van der Waals surface area contributed by atoms with Gasteiger partial charge in [-0.3, -0.25) is 14.4 Å². The molecule has 128 valence electrons. The van der Waals surface area contributed by atoms with Crippen LogP contribution < -0.4 is 9.04 Å². The Labute approximate surface area is 144 Å². The Morgan fingerprint density at radius 3 is 2.33 bits per heavy atom. The maximum atomic E-state index is 12.9. The normalized spacial score (nSPS) is 11.1. The van der Waals surface area contributed by atoms with E-state index in [2.05, 4.69) is 0 Å². The van der Waals surface area contributed by atoms with Gasteiger partial charge in [-0.1, -0.05) is 11.6 Å². The van der Waals surface area contributed by atoms with Gasteiger partial charge in [0.15, 0.2) is 0 Å². The zero-order valence-electron chi connectivity index (χ0n) is 13.0. The van der Waals surface area contributed by atoms with Crippen LogP contribution in [0, 0.1) is 10.1 Å². The van der Waals surface area contributed by atoms with Gasteiger partial charge in [0.05, 0.1) is 22.6 Å². The van der Waals surface area contributed by atoms with Crippen LogP contribution in [0.1, 0.15) is 6.92 Å². The lowest BCUT2D eigenvalue weighted by Gasteiger charge is -2.24. The van der Waals surface area contributed by atoms with Gasteiger partial charge in [-0.05, 0) is 37.3 Å². The number of hydrogen-bond acceptors (Lipinski definition) is 5. The molecule has 2 rings (SSSR count). The summed E-state index contributed by atoms with van der Waals surface area (Å²) in [5.41, 5.74) is 0.114. The van der Waals surface area contributed by atoms with E-state index in [9.17, 15) is 18.5 Å². The van der Waals surface area contributed by atoms with E-state index in [0.29, 0.717) is 16.5 Å². The van der Waals surface area contributed by atoms with E-state index in [0.717, 1.165) is 16.4 Å². The van der Waals surface area contributed by atoms with Crippen LogP contribution in [0.2, 0.25) is 5.02 Å². The number of nitro benzene ring substituents is 1. The van der Waals surface area contributed by atoms with Gasteiger partial charge >= 0.3 is 0 Å². The van der Waals surface area contributed by atoms with Crippen LogP contribution in [0.15, 0.2) is 47.4 Å². The Hall–Kier alpha value is -2.32. The van der Waals surface area contributed by atoms with Crippen molar-refractivity contribution in [1.82, 2.24) is 0 Å². The molecule has 2 aromatic carbocycles. The number of hydrogen-bond donors (Lipinski definition) is 0. The molecule has 0 saturated heterocycles. The molecule has 24 heavy (non-hydrogen) atoms. The SMILES string of the molecule is CCN(c1cc(Cl)ccc1OC)S(=O)(=O)c1ccc([N+](=O)[O-])cc1. The van der Waals surface area contributed by atoms with E-state index in [1.165, 1.54) is 25.3 Å². The van der Waals surface area contributed by atoms with Crippen LogP contribution in [0.25, 0.3) is 0 Å². The predicted molar refractivity (Wildman–Crippen MR) is 91.3 cm³/mol. The fourth-order valence-electron chi connectivity index (χ4n) is 2.19. The summed E-state index contributed by atoms with van der Waals surface area (Å²) in [5.74, 6) is 0.353. The van der Waals surface area contributed by atoms with Gasteiger partial charge in [0.25, 0.3) is 15.7 Å². The molecule has 0 amide bonds. The average Bonchev–Trinajstić information content (AvgIpc) is 2.55. The van der Waals surface area contributed by atoms with Gasteiger partial charge in [0.2, 0.25) is 0 Å². The topological polar surface area (TPSA) is 89.8 Å². The molecular weight excluding hydrogens is 356 g/mol. The number of sulfonamides is 1. The first-order chi connectivity index (χ1) is 11.3. The standard InChI is InChI=1S/C15H15ClN2O5S/c1-3-17(14-10-11(16)4-9-15(14)23-2)24(21,22)13-7-5-12(6-8-13)18(19)20/h4-10H,3H2,1-2H3. The molecule has 2 aromatic rings. The van der Waals surface area contributed by atoms with Crippen molar-refractivity contribution in [2.75, 3.05) is 18.0 Å². The molecule has 0 aliphatic rings. The predicted octanol–water partition coefficient (Wildman–Crippen LogP) is 3.47. The van der Waals surface area contributed by atoms with Crippen molar-refractivity contribution in [2.45, 2.75) is 11.8 Å². The summed E-state index contributed by atoms with van der Waals surface area (Å²) in [6.07, 6.45) is 0. The number of rotatable bonds is 6. The molecule has 0 aliphatic carbocycles. The largest absolute Gasteiger partial charge is 0.495 e. The van der Waals surface area contributed by atoms with Crippen LogP contribution in [-0.4, -0.2) is 27.0 Å². The maximum absolute atomic E-state index is 12.9. The molecule has 0 unspecified atom stereocenters. The minimum Gasteiger partial charge on any atom is -0.495 e. The fourth-order valence-corrected chi connectivity index (χ4v) is 3.84. The minimum absolute atomic E-state index is 0.0584. The molecule has 0 atom stereocenters. The third-order valence-corrected chi connectivity index (χ3v) is 5.47. The second-order valence-electron chi connectivity index (χ2n) is 4.74. The Kier molecular flexibility index (Phi) is 5.30. The van der Waals surface area contributed by atoms with E-state index in [1.807, 2.05) is 0 Å². The summed E-state index contributed by atoms with van der Waals surface area (Å²) < 4.78 is 32.1. The van der Waals surface area contributed by atoms with Crippen molar-refractivity contribution >= 4 is 33.0 Å². The number of ether oxygens (including phenoxy) is 1. The maximum Gasteiger partial charge on any atom is 0.269 e. The fraction of sp³-hybridized carbons (Fsp3) is 0.200. The van der Waals surface area contributed by atoms with Crippen LogP contribution in [0.3, 0.4) is 0 Å². The van der Waals surface area contributed by atoms with Crippen molar-refractivity contribution in [3.63, 3.8) is 0 Å². The second kappa shape index (κ2) is 7.06. The van der Waals surface area contributed by atoms with Crippen molar-refractivity contribution in [3.8, 4) is 5.75 Å². The lowest BCUT2D eigenvalue weighted by molar-refractivity contribution is -0.384. The van der Waals surface area contributed by atoms with Gasteiger partial charge in [-0.2, -0.15) is 0 Å². The number of nitro groups is 1. The third kappa shape index (κ3) is 3.44. The van der Waals surface area contributed by atoms with Gasteiger partial charge < -0.3 is 4.74 Å². The van der Waals surface area contributed by atoms with E-state index < -0.39 is 14.9 Å². The van der Waals surface area contributed by atoms with Crippen LogP contribution >= 0.6 is 11.6 Å². The van der Waals surface area contributed by atoms with Gasteiger partial charge in [-0.25, -0.2) is 8.42 Å². The van der Waals surface area contributed by atoms with Crippen LogP contribution in [0.5, 0.6) is 5.75 Å². The molecule has 9 heteroatoms. The van der Waals surface area contributed by atoms with Gasteiger partial charge in [-0.15, -0.1) is 0 Å². The highest BCUT2D eigenvalue weighted by atomic mass is 35.5. The number of anilines is 1. The zero-order chi connectivity index (χ0) is 17.9. The van der Waals surface area contributed by atoms with Crippen LogP contribution in [0.4, 0.5) is 11.4 Å². The van der Waals surface area contributed by atoms with Crippen molar-refractivity contribution in [3.05, 3.63) is 57.6 Å². The Morgan fingerprint density at radius 2 is 1.83 bits per heavy atom. The highest BCUT2D eigenvalue weighted by Gasteiger charge is 2.26. The summed E-state index contributed by atoms with van der Waals surface area (Å²) in [6, 6.07) is 9.36. The van der Waals surface area contributed by atoms with Crippen molar-refractivity contribution in [1.29, 1.82) is 0 Å². The van der Waals surface area contributed by atoms with Gasteiger partial charge in [0.1, 0.15) is 5.75 Å². The zero-order valence-corrected chi connectivity index (χ0v) is 14.5. The molecule has 0 N–H and O–H groups in total. The summed E-state index contributed by atoms with van der Waals surface area (Å²) in [6.45, 7) is 1.80. The van der Waals surface area contributed by atoms with E-state index in [4.69, 9.17) is 16.3 Å². The average molecular weight is 371 g/mol. The number of benzene rings is 2. The first-order valence-corrected chi connectivity index (χ1v) is 8.73. The lowest BCUT2D eigenvalue weighted by atomic mass is 10.3. The molecule has 0 aromatic heterocycles. The van der Waals surface area contributed by atoms with E-state index >= 15 is 0 Å². The molecule has 0 spiro atoms. The molecule has 0 heterocycles. The van der Waals surface area contributed by atoms with Crippen molar-refractivity contribution < 1.29 is 18.1 Å². The number of methoxy groups -OCH3 is 1. The van der Waals surface area contributed by atoms with Crippen LogP contribution in [-0.2, 0) is 10.0 Å². The Morgan fingerprint density at radius 1 is 1.21 bits per heavy atom. The number of non-ortho nitro benzene ring substituents is 1. The monoisotopic (exact) mass is 370 g/mol. The quantitative estimate of drug-likeness (QED) is 0.573. The highest BCUT2D eigenvalue weighted by Crippen LogP contribution is 2.34. The molecule has 0 saturated carbocycles. The Balaban J connectivity index is 2.53. The molecular formula is C15H15ClN2O5S. The van der Waals surface area contributed by atoms with Gasteiger partial charge in [0, 0.05) is 23.7 Å². The third-order valence-electron chi connectivity index (χ3n) is 3.33. The highest BCUT2D eigenvalue weighted by molar-refractivity contribution is 7.92. The molecule has 7 nitrogen and oxygen atoms in total. The van der Waals surface area contributed by atoms with E-state index in [-0.39, 0.29) is 17.1 Å². The van der Waals surface area contributed by atoms with Crippen molar-refractivity contribution in [2.24, 2.45) is 0 Å². The molecule has 0 fully saturated rings. The lowest BCUT2D eigenvalue weighted by Crippen LogP contribution is -2.31. The minimum atomic E-state index is -3.92. The number of nitrogens with zero attached hydrogens (tertiary/aromatic N) is 2. The smallest absolute Gasteiger partial charge is 0.269 e. The summed E-state index contributed by atoms with van der Waals surface area (Å²) in [7, 11) is -2.49.